The molecule has 5 heterocycles. The molecule has 0 saturated heterocycles. The zero-order chi connectivity index (χ0) is 18.6. The van der Waals surface area contributed by atoms with Crippen molar-refractivity contribution in [2.75, 3.05) is 11.4 Å². The summed E-state index contributed by atoms with van der Waals surface area (Å²) >= 11 is 0. The lowest BCUT2D eigenvalue weighted by atomic mass is 10.0. The van der Waals surface area contributed by atoms with Crippen LogP contribution >= 0.6 is 0 Å². The number of fused-ring (bicyclic) bond motifs is 2. The van der Waals surface area contributed by atoms with Crippen molar-refractivity contribution in [1.82, 2.24) is 29.8 Å². The van der Waals surface area contributed by atoms with Gasteiger partial charge in [0.25, 0.3) is 0 Å². The zero-order valence-electron chi connectivity index (χ0n) is 13.7. The molecule has 0 aromatic carbocycles. The normalized spacial score (nSPS) is 17.4. The number of H-pyrrole nitrogens is 1. The Bertz CT molecular complexity index is 1080. The fraction of sp³-hybridized carbons (Fsp3) is 0.250. The molecule has 4 aromatic heterocycles. The van der Waals surface area contributed by atoms with Crippen molar-refractivity contribution in [2.24, 2.45) is 0 Å². The largest absolute Gasteiger partial charge is 0.470 e. The van der Waals surface area contributed by atoms with Crippen molar-refractivity contribution in [3.05, 3.63) is 59.8 Å². The van der Waals surface area contributed by atoms with Crippen molar-refractivity contribution in [3.63, 3.8) is 0 Å². The average molecular weight is 375 g/mol. The van der Waals surface area contributed by atoms with Crippen LogP contribution in [0.2, 0.25) is 0 Å². The molecule has 0 bridgehead atoms. The number of halogens is 3. The lowest BCUT2D eigenvalue weighted by molar-refractivity contribution is -0.157. The minimum atomic E-state index is -4.70. The SMILES string of the molecule is FC(F)(F)c1nnc(N2CCc3[nH]cnc3C2c2cc3ccccn3n2)o1. The van der Waals surface area contributed by atoms with Crippen molar-refractivity contribution < 1.29 is 17.6 Å². The Morgan fingerprint density at radius 2 is 2.11 bits per heavy atom. The first-order valence-corrected chi connectivity index (χ1v) is 8.14. The first-order valence-electron chi connectivity index (χ1n) is 8.14. The van der Waals surface area contributed by atoms with E-state index >= 15 is 0 Å². The number of alkyl halides is 3. The first kappa shape index (κ1) is 15.9. The van der Waals surface area contributed by atoms with Gasteiger partial charge in [-0.15, -0.1) is 5.10 Å². The van der Waals surface area contributed by atoms with Gasteiger partial charge in [0.1, 0.15) is 6.04 Å². The van der Waals surface area contributed by atoms with Gasteiger partial charge in [-0.2, -0.15) is 18.3 Å². The van der Waals surface area contributed by atoms with Gasteiger partial charge in [0, 0.05) is 24.9 Å². The third-order valence-corrected chi connectivity index (χ3v) is 4.50. The molecular weight excluding hydrogens is 363 g/mol. The number of hydrogen-bond acceptors (Lipinski definition) is 6. The molecule has 0 aliphatic carbocycles. The Morgan fingerprint density at radius 1 is 1.22 bits per heavy atom. The van der Waals surface area contributed by atoms with Crippen molar-refractivity contribution in [1.29, 1.82) is 0 Å². The van der Waals surface area contributed by atoms with Crippen LogP contribution in [-0.4, -0.2) is 36.3 Å². The second-order valence-electron chi connectivity index (χ2n) is 6.14. The van der Waals surface area contributed by atoms with Crippen LogP contribution in [0.3, 0.4) is 0 Å². The quantitative estimate of drug-likeness (QED) is 0.579. The van der Waals surface area contributed by atoms with E-state index in [1.165, 1.54) is 0 Å². The van der Waals surface area contributed by atoms with Gasteiger partial charge in [0.05, 0.1) is 23.2 Å². The van der Waals surface area contributed by atoms with E-state index in [1.54, 1.807) is 21.9 Å². The molecule has 1 aliphatic rings. The fourth-order valence-corrected chi connectivity index (χ4v) is 3.32. The Morgan fingerprint density at radius 3 is 2.89 bits per heavy atom. The van der Waals surface area contributed by atoms with Gasteiger partial charge in [-0.05, 0) is 18.2 Å². The second kappa shape index (κ2) is 5.56. The van der Waals surface area contributed by atoms with Crippen molar-refractivity contribution >= 4 is 11.5 Å². The number of rotatable bonds is 2. The van der Waals surface area contributed by atoms with Crippen LogP contribution in [-0.2, 0) is 12.6 Å². The summed E-state index contributed by atoms with van der Waals surface area (Å²) in [5.41, 5.74) is 3.07. The molecule has 1 unspecified atom stereocenters. The minimum Gasteiger partial charge on any atom is -0.399 e. The number of nitrogens with one attached hydrogen (secondary N) is 1. The molecule has 0 saturated carbocycles. The predicted molar refractivity (Wildman–Crippen MR) is 86.0 cm³/mol. The van der Waals surface area contributed by atoms with Gasteiger partial charge in [0.2, 0.25) is 0 Å². The summed E-state index contributed by atoms with van der Waals surface area (Å²) in [7, 11) is 0. The van der Waals surface area contributed by atoms with E-state index < -0.39 is 18.1 Å². The van der Waals surface area contributed by atoms with Gasteiger partial charge in [-0.3, -0.25) is 0 Å². The molecule has 0 fully saturated rings. The zero-order valence-corrected chi connectivity index (χ0v) is 13.7. The summed E-state index contributed by atoms with van der Waals surface area (Å²) in [4.78, 5) is 9.04. The Balaban J connectivity index is 1.63. The molecule has 1 atom stereocenters. The molecule has 1 aliphatic heterocycles. The molecule has 1 N–H and O–H groups in total. The average Bonchev–Trinajstić information content (AvgIpc) is 3.37. The number of nitrogens with zero attached hydrogens (tertiary/aromatic N) is 6. The Kier molecular flexibility index (Phi) is 3.27. The van der Waals surface area contributed by atoms with E-state index in [9.17, 15) is 13.2 Å². The highest BCUT2D eigenvalue weighted by Crippen LogP contribution is 2.37. The monoisotopic (exact) mass is 375 g/mol. The van der Waals surface area contributed by atoms with Crippen LogP contribution in [0.25, 0.3) is 5.52 Å². The number of aromatic amines is 1. The van der Waals surface area contributed by atoms with Crippen molar-refractivity contribution in [2.45, 2.75) is 18.6 Å². The third kappa shape index (κ3) is 2.54. The van der Waals surface area contributed by atoms with Gasteiger partial charge in [0.15, 0.2) is 0 Å². The highest BCUT2D eigenvalue weighted by molar-refractivity contribution is 5.51. The first-order chi connectivity index (χ1) is 13.0. The molecule has 8 nitrogen and oxygen atoms in total. The van der Waals surface area contributed by atoms with E-state index in [0.29, 0.717) is 24.4 Å². The summed E-state index contributed by atoms with van der Waals surface area (Å²) in [5, 5.41) is 11.3. The highest BCUT2D eigenvalue weighted by Gasteiger charge is 2.41. The van der Waals surface area contributed by atoms with E-state index in [-0.39, 0.29) is 6.01 Å². The molecule has 11 heteroatoms. The molecular formula is C16H12F3N7O. The molecule has 4 aromatic rings. The smallest absolute Gasteiger partial charge is 0.399 e. The summed E-state index contributed by atoms with van der Waals surface area (Å²) in [6.07, 6.45) is -0.780. The number of imidazole rings is 1. The van der Waals surface area contributed by atoms with E-state index in [4.69, 9.17) is 4.42 Å². The standard InChI is InChI=1S/C16H12F3N7O/c17-16(18,19)14-22-23-15(27-14)25-6-4-10-12(21-8-20-10)13(25)11-7-9-3-1-2-5-26(9)24-11/h1-3,5,7-8,13H,4,6H2,(H,20,21). The lowest BCUT2D eigenvalue weighted by Crippen LogP contribution is -2.37. The van der Waals surface area contributed by atoms with Crippen LogP contribution in [0, 0.1) is 0 Å². The fourth-order valence-electron chi connectivity index (χ4n) is 3.32. The van der Waals surface area contributed by atoms with E-state index in [0.717, 1.165) is 11.2 Å². The van der Waals surface area contributed by atoms with Crippen molar-refractivity contribution in [3.8, 4) is 0 Å². The summed E-state index contributed by atoms with van der Waals surface area (Å²) < 4.78 is 45.2. The lowest BCUT2D eigenvalue weighted by Gasteiger charge is -2.32. The topological polar surface area (TPSA) is 88.1 Å². The maximum atomic E-state index is 12.9. The van der Waals surface area contributed by atoms with Crippen LogP contribution in [0.4, 0.5) is 19.2 Å². The number of hydrogen-bond donors (Lipinski definition) is 1. The maximum absolute atomic E-state index is 12.9. The van der Waals surface area contributed by atoms with Gasteiger partial charge < -0.3 is 14.3 Å². The second-order valence-corrected chi connectivity index (χ2v) is 6.14. The Hall–Kier alpha value is -3.37. The van der Waals surface area contributed by atoms with Crippen LogP contribution < -0.4 is 4.90 Å². The third-order valence-electron chi connectivity index (χ3n) is 4.50. The summed E-state index contributed by atoms with van der Waals surface area (Å²) in [6, 6.07) is 6.73. The number of anilines is 1. The molecule has 27 heavy (non-hydrogen) atoms. The predicted octanol–water partition coefficient (Wildman–Crippen LogP) is 2.61. The maximum Gasteiger partial charge on any atom is 0.470 e. The minimum absolute atomic E-state index is 0.210. The van der Waals surface area contributed by atoms with E-state index in [1.807, 2.05) is 24.3 Å². The van der Waals surface area contributed by atoms with Crippen LogP contribution in [0.1, 0.15) is 29.0 Å². The summed E-state index contributed by atoms with van der Waals surface area (Å²) in [6.45, 7) is 0.382. The van der Waals surface area contributed by atoms with Gasteiger partial charge in [-0.25, -0.2) is 9.50 Å². The Labute approximate surface area is 149 Å². The van der Waals surface area contributed by atoms with E-state index in [2.05, 4.69) is 25.3 Å². The molecule has 0 amide bonds. The van der Waals surface area contributed by atoms with Gasteiger partial charge >= 0.3 is 18.1 Å². The van der Waals surface area contributed by atoms with Gasteiger partial charge in [-0.1, -0.05) is 11.2 Å². The number of aromatic nitrogens is 6. The van der Waals surface area contributed by atoms with Crippen LogP contribution in [0.5, 0.6) is 0 Å². The summed E-state index contributed by atoms with van der Waals surface area (Å²) in [5.74, 6) is -1.38. The molecule has 5 rings (SSSR count). The molecule has 0 spiro atoms. The van der Waals surface area contributed by atoms with Crippen LogP contribution in [0.15, 0.2) is 41.2 Å². The molecule has 138 valence electrons. The number of pyridine rings is 1. The molecule has 0 radical (unpaired) electrons. The highest BCUT2D eigenvalue weighted by atomic mass is 19.4.